The maximum atomic E-state index is 14.8. The number of aromatic nitrogens is 2. The molecule has 0 aliphatic carbocycles. The first-order chi connectivity index (χ1) is 19.8. The number of amides is 1. The monoisotopic (exact) mass is 586 g/mol. The van der Waals surface area contributed by atoms with Crippen molar-refractivity contribution in [1.82, 2.24) is 14.5 Å². The fourth-order valence-corrected chi connectivity index (χ4v) is 4.72. The van der Waals surface area contributed by atoms with E-state index >= 15 is 0 Å². The number of anilines is 1. The Bertz CT molecular complexity index is 1660. The number of carbonyl (C=O) groups is 2. The average molecular weight is 587 g/mol. The van der Waals surface area contributed by atoms with Gasteiger partial charge in [-0.2, -0.15) is 0 Å². The maximum absolute atomic E-state index is 14.8. The first-order valence-corrected chi connectivity index (χ1v) is 13.3. The van der Waals surface area contributed by atoms with Crippen LogP contribution < -0.4 is 31.4 Å². The van der Waals surface area contributed by atoms with Crippen molar-refractivity contribution in [2.24, 2.45) is 14.1 Å². The van der Waals surface area contributed by atoms with E-state index in [2.05, 4.69) is 10.6 Å². The lowest BCUT2D eigenvalue weighted by molar-refractivity contribution is -0.139. The van der Waals surface area contributed by atoms with Gasteiger partial charge in [-0.15, -0.1) is 0 Å². The molecule has 0 fully saturated rings. The number of carbonyl (C=O) groups excluding carboxylic acids is 1. The van der Waals surface area contributed by atoms with Gasteiger partial charge in [0.05, 0.1) is 5.56 Å². The summed E-state index contributed by atoms with van der Waals surface area (Å²) in [5.74, 6) is -4.64. The standard InChI is InChI=1S/C29H32F2N4O7/c1-6-14(2)32-17-12-19(30)23(20(31)13-17)26(36)33-21(28(38)39)11-16-7-8-18(25-24(16)41-9-10-42-25)22-15(3)34(4)29(40)35(5)27(22)37/h7-8,12-14,21,32H,6,9-11H2,1-5H3,(H,33,36)(H,38,39)/t14-,21-/m0/s1. The molecule has 1 amide bonds. The smallest absolute Gasteiger partial charge is 0.330 e. The summed E-state index contributed by atoms with van der Waals surface area (Å²) in [5, 5.41) is 15.0. The lowest BCUT2D eigenvalue weighted by Crippen LogP contribution is -2.43. The molecule has 3 aromatic rings. The normalized spacial score (nSPS) is 13.8. The number of hydrogen-bond donors (Lipinski definition) is 3. The fourth-order valence-electron chi connectivity index (χ4n) is 4.72. The van der Waals surface area contributed by atoms with Gasteiger partial charge in [-0.25, -0.2) is 18.4 Å². The molecule has 1 aromatic heterocycles. The third-order valence-electron chi connectivity index (χ3n) is 7.32. The summed E-state index contributed by atoms with van der Waals surface area (Å²) in [6.07, 6.45) is 0.376. The van der Waals surface area contributed by atoms with E-state index in [0.717, 1.165) is 16.7 Å². The number of rotatable bonds is 9. The van der Waals surface area contributed by atoms with Crippen LogP contribution in [0.4, 0.5) is 14.5 Å². The first-order valence-electron chi connectivity index (χ1n) is 13.3. The second-order valence-corrected chi connectivity index (χ2v) is 10.1. The highest BCUT2D eigenvalue weighted by Gasteiger charge is 2.30. The van der Waals surface area contributed by atoms with Crippen LogP contribution in [0, 0.1) is 18.6 Å². The zero-order valence-corrected chi connectivity index (χ0v) is 23.8. The zero-order chi connectivity index (χ0) is 30.9. The Morgan fingerprint density at radius 3 is 2.26 bits per heavy atom. The minimum Gasteiger partial charge on any atom is -0.486 e. The number of carboxylic acids is 1. The number of fused-ring (bicyclic) bond motifs is 1. The molecule has 3 N–H and O–H groups in total. The van der Waals surface area contributed by atoms with E-state index in [0.29, 0.717) is 23.2 Å². The number of halogens is 2. The molecule has 224 valence electrons. The molecule has 0 spiro atoms. The molecule has 2 heterocycles. The number of nitrogens with one attached hydrogen (secondary N) is 2. The van der Waals surface area contributed by atoms with Crippen molar-refractivity contribution in [3.05, 3.63) is 73.6 Å². The second-order valence-electron chi connectivity index (χ2n) is 10.1. The molecule has 0 unspecified atom stereocenters. The van der Waals surface area contributed by atoms with E-state index in [1.165, 1.54) is 24.7 Å². The molecule has 42 heavy (non-hydrogen) atoms. The molecule has 11 nitrogen and oxygen atoms in total. The Morgan fingerprint density at radius 1 is 1.05 bits per heavy atom. The summed E-state index contributed by atoms with van der Waals surface area (Å²) in [5.41, 5.74) is -0.566. The Morgan fingerprint density at radius 2 is 1.67 bits per heavy atom. The average Bonchev–Trinajstić information content (AvgIpc) is 2.95. The van der Waals surface area contributed by atoms with Crippen molar-refractivity contribution < 1.29 is 33.0 Å². The van der Waals surface area contributed by atoms with Crippen molar-refractivity contribution in [3.8, 4) is 22.6 Å². The van der Waals surface area contributed by atoms with Gasteiger partial charge in [0.25, 0.3) is 11.5 Å². The van der Waals surface area contributed by atoms with E-state index in [1.807, 2.05) is 13.8 Å². The van der Waals surface area contributed by atoms with Gasteiger partial charge < -0.3 is 29.8 Å². The van der Waals surface area contributed by atoms with Crippen molar-refractivity contribution in [1.29, 1.82) is 0 Å². The van der Waals surface area contributed by atoms with Gasteiger partial charge in [0.15, 0.2) is 11.5 Å². The summed E-state index contributed by atoms with van der Waals surface area (Å²) in [6, 6.07) is 3.36. The van der Waals surface area contributed by atoms with Gasteiger partial charge in [0, 0.05) is 49.1 Å². The van der Waals surface area contributed by atoms with Crippen LogP contribution in [0.2, 0.25) is 0 Å². The highest BCUT2D eigenvalue weighted by molar-refractivity contribution is 5.97. The summed E-state index contributed by atoms with van der Waals surface area (Å²) < 4.78 is 43.5. The van der Waals surface area contributed by atoms with Gasteiger partial charge in [-0.05, 0) is 38.5 Å². The highest BCUT2D eigenvalue weighted by atomic mass is 19.1. The molecule has 1 aliphatic rings. The fraction of sp³-hybridized carbons (Fsp3) is 0.379. The van der Waals surface area contributed by atoms with E-state index < -0.39 is 46.4 Å². The Kier molecular flexibility index (Phi) is 8.69. The van der Waals surface area contributed by atoms with E-state index in [-0.39, 0.29) is 48.4 Å². The van der Waals surface area contributed by atoms with Crippen molar-refractivity contribution >= 4 is 17.6 Å². The number of hydrogen-bond acceptors (Lipinski definition) is 7. The Labute approximate surface area is 239 Å². The van der Waals surface area contributed by atoms with Crippen LogP contribution in [0.15, 0.2) is 33.9 Å². The number of carboxylic acid groups (broad SMARTS) is 1. The molecular weight excluding hydrogens is 554 g/mol. The van der Waals surface area contributed by atoms with Crippen LogP contribution in [-0.2, 0) is 25.3 Å². The molecule has 0 radical (unpaired) electrons. The summed E-state index contributed by atoms with van der Waals surface area (Å²) >= 11 is 0. The van der Waals surface area contributed by atoms with E-state index in [9.17, 15) is 33.1 Å². The zero-order valence-electron chi connectivity index (χ0n) is 23.8. The third-order valence-corrected chi connectivity index (χ3v) is 7.32. The van der Waals surface area contributed by atoms with Crippen LogP contribution in [0.1, 0.15) is 41.9 Å². The first kappa shape index (κ1) is 30.3. The molecule has 2 aromatic carbocycles. The molecule has 13 heteroatoms. The third kappa shape index (κ3) is 5.71. The number of nitrogens with zero attached hydrogens (tertiary/aromatic N) is 2. The summed E-state index contributed by atoms with van der Waals surface area (Å²) in [4.78, 5) is 50.4. The molecule has 0 saturated carbocycles. The summed E-state index contributed by atoms with van der Waals surface area (Å²) in [6.45, 7) is 5.62. The van der Waals surface area contributed by atoms with Crippen LogP contribution in [-0.4, -0.2) is 51.4 Å². The number of benzene rings is 2. The Balaban J connectivity index is 1.68. The van der Waals surface area contributed by atoms with Gasteiger partial charge in [0.2, 0.25) is 0 Å². The SMILES string of the molecule is CC[C@H](C)Nc1cc(F)c(C(=O)N[C@@H](Cc2ccc(-c3c(C)n(C)c(=O)n(C)c3=O)c3c2OCCO3)C(=O)O)c(F)c1. The van der Waals surface area contributed by atoms with E-state index in [4.69, 9.17) is 9.47 Å². The van der Waals surface area contributed by atoms with Crippen LogP contribution in [0.25, 0.3) is 11.1 Å². The number of ether oxygens (including phenoxy) is 2. The molecule has 0 bridgehead atoms. The topological polar surface area (TPSA) is 141 Å². The quantitative estimate of drug-likeness (QED) is 0.348. The lowest BCUT2D eigenvalue weighted by atomic mass is 9.97. The molecule has 2 atom stereocenters. The molecular formula is C29H32F2N4O7. The lowest BCUT2D eigenvalue weighted by Gasteiger charge is -2.25. The van der Waals surface area contributed by atoms with Crippen LogP contribution in [0.5, 0.6) is 11.5 Å². The number of aliphatic carboxylic acids is 1. The molecule has 1 aliphatic heterocycles. The summed E-state index contributed by atoms with van der Waals surface area (Å²) in [7, 11) is 2.88. The van der Waals surface area contributed by atoms with Crippen molar-refractivity contribution in [2.75, 3.05) is 18.5 Å². The van der Waals surface area contributed by atoms with Gasteiger partial charge >= 0.3 is 11.7 Å². The highest BCUT2D eigenvalue weighted by Crippen LogP contribution is 2.42. The minimum atomic E-state index is -1.60. The predicted octanol–water partition coefficient (Wildman–Crippen LogP) is 2.74. The minimum absolute atomic E-state index is 0.0656. The van der Waals surface area contributed by atoms with Crippen molar-refractivity contribution in [2.45, 2.75) is 45.7 Å². The molecule has 0 saturated heterocycles. The maximum Gasteiger partial charge on any atom is 0.330 e. The predicted molar refractivity (Wildman–Crippen MR) is 150 cm³/mol. The van der Waals surface area contributed by atoms with E-state index in [1.54, 1.807) is 13.0 Å². The Hall–Kier alpha value is -4.68. The van der Waals surface area contributed by atoms with Gasteiger partial charge in [0.1, 0.15) is 36.5 Å². The molecule has 4 rings (SSSR count). The van der Waals surface area contributed by atoms with Crippen LogP contribution in [0.3, 0.4) is 0 Å². The van der Waals surface area contributed by atoms with Crippen LogP contribution >= 0.6 is 0 Å². The van der Waals surface area contributed by atoms with Gasteiger partial charge in [-0.3, -0.25) is 14.2 Å². The second kappa shape index (κ2) is 12.0. The largest absolute Gasteiger partial charge is 0.486 e. The van der Waals surface area contributed by atoms with Gasteiger partial charge in [-0.1, -0.05) is 13.0 Å². The van der Waals surface area contributed by atoms with Crippen molar-refractivity contribution in [3.63, 3.8) is 0 Å².